The summed E-state index contributed by atoms with van der Waals surface area (Å²) in [6, 6.07) is 6.32. The molecule has 0 saturated heterocycles. The summed E-state index contributed by atoms with van der Waals surface area (Å²) in [7, 11) is -2.63. The van der Waals surface area contributed by atoms with Gasteiger partial charge in [0.1, 0.15) is 10.7 Å². The first-order valence-electron chi connectivity index (χ1n) is 6.81. The van der Waals surface area contributed by atoms with E-state index in [0.29, 0.717) is 0 Å². The highest BCUT2D eigenvalue weighted by molar-refractivity contribution is 7.89. The van der Waals surface area contributed by atoms with Crippen LogP contribution in [0, 0.1) is 0 Å². The van der Waals surface area contributed by atoms with Gasteiger partial charge in [-0.25, -0.2) is 13.4 Å². The third-order valence-corrected chi connectivity index (χ3v) is 5.99. The predicted octanol–water partition coefficient (Wildman–Crippen LogP) is 3.63. The maximum Gasteiger partial charge on any atom is 0.278 e. The number of thiophene rings is 1. The third-order valence-electron chi connectivity index (χ3n) is 3.14. The lowest BCUT2D eigenvalue weighted by Gasteiger charge is -2.26. The predicted molar refractivity (Wildman–Crippen MR) is 103 cm³/mol. The summed E-state index contributed by atoms with van der Waals surface area (Å²) < 4.78 is 24.8. The van der Waals surface area contributed by atoms with Crippen molar-refractivity contribution < 1.29 is 18.3 Å². The minimum absolute atomic E-state index is 0.00751. The number of hydrogen-bond acceptors (Lipinski definition) is 6. The van der Waals surface area contributed by atoms with Gasteiger partial charge in [0.2, 0.25) is 0 Å². The Balaban J connectivity index is 0.000000552. The van der Waals surface area contributed by atoms with Crippen LogP contribution in [0.25, 0.3) is 5.76 Å². The highest BCUT2D eigenvalue weighted by Gasteiger charge is 2.38. The van der Waals surface area contributed by atoms with Crippen LogP contribution in [-0.2, 0) is 14.8 Å². The number of halogens is 3. The number of aromatic nitrogens is 1. The Morgan fingerprint density at radius 3 is 2.54 bits per heavy atom. The van der Waals surface area contributed by atoms with E-state index in [2.05, 4.69) is 10.3 Å². The van der Waals surface area contributed by atoms with Crippen molar-refractivity contribution in [2.24, 2.45) is 0 Å². The lowest BCUT2D eigenvalue weighted by atomic mass is 10.3. The molecule has 0 unspecified atom stereocenters. The number of nitrogens with one attached hydrogen (secondary N) is 1. The van der Waals surface area contributed by atoms with Gasteiger partial charge in [0, 0.05) is 13.2 Å². The van der Waals surface area contributed by atoms with Gasteiger partial charge in [-0.2, -0.15) is 0 Å². The molecule has 0 fully saturated rings. The van der Waals surface area contributed by atoms with Crippen molar-refractivity contribution in [2.75, 3.05) is 12.4 Å². The molecule has 0 saturated carbocycles. The zero-order valence-corrected chi connectivity index (χ0v) is 17.0. The number of alkyl halides is 3. The highest BCUT2D eigenvalue weighted by atomic mass is 35.6. The van der Waals surface area contributed by atoms with Gasteiger partial charge in [-0.15, -0.1) is 11.3 Å². The summed E-state index contributed by atoms with van der Waals surface area (Å²) in [4.78, 5) is 16.4. The molecule has 2 aromatic rings. The van der Waals surface area contributed by atoms with Crippen LogP contribution in [0.3, 0.4) is 0 Å². The Morgan fingerprint density at radius 1 is 1.31 bits per heavy atom. The smallest absolute Gasteiger partial charge is 0.278 e. The number of likely N-dealkylation sites (N-methyl/N-ethyl adjacent to an activating group) is 1. The number of aliphatic hydroxyl groups is 1. The van der Waals surface area contributed by atoms with Crippen LogP contribution < -0.4 is 5.32 Å². The fraction of sp³-hybridized carbons (Fsp3) is 0.143. The second-order valence-corrected chi connectivity index (χ2v) is 9.53. The zero-order chi connectivity index (χ0) is 19.5. The second-order valence-electron chi connectivity index (χ2n) is 4.70. The van der Waals surface area contributed by atoms with E-state index in [-0.39, 0.29) is 27.0 Å². The SMILES string of the molecule is CN1C(C(=O)Nc2ccccn2)=C(O)c2sccc2S1(=O)=O.ClC(Cl)Cl. The molecule has 3 heterocycles. The molecule has 0 spiro atoms. The quantitative estimate of drug-likeness (QED) is 0.672. The Labute approximate surface area is 168 Å². The van der Waals surface area contributed by atoms with Crippen LogP contribution in [0.2, 0.25) is 0 Å². The summed E-state index contributed by atoms with van der Waals surface area (Å²) in [6.45, 7) is 0. The molecular formula is C14H12Cl3N3O4S2. The molecule has 0 aromatic carbocycles. The summed E-state index contributed by atoms with van der Waals surface area (Å²) in [5.41, 5.74) is -0.333. The summed E-state index contributed by atoms with van der Waals surface area (Å²) >= 11 is 15.5. The average molecular weight is 457 g/mol. The van der Waals surface area contributed by atoms with E-state index in [1.165, 1.54) is 19.3 Å². The number of pyridine rings is 1. The van der Waals surface area contributed by atoms with E-state index in [1.54, 1.807) is 23.6 Å². The van der Waals surface area contributed by atoms with Crippen LogP contribution in [0.5, 0.6) is 0 Å². The number of nitrogens with zero attached hydrogens (tertiary/aromatic N) is 2. The van der Waals surface area contributed by atoms with E-state index in [4.69, 9.17) is 34.8 Å². The highest BCUT2D eigenvalue weighted by Crippen LogP contribution is 2.38. The lowest BCUT2D eigenvalue weighted by Crippen LogP contribution is -2.36. The molecule has 12 heteroatoms. The second kappa shape index (κ2) is 8.45. The molecule has 1 amide bonds. The van der Waals surface area contributed by atoms with Crippen molar-refractivity contribution in [1.29, 1.82) is 0 Å². The monoisotopic (exact) mass is 455 g/mol. The summed E-state index contributed by atoms with van der Waals surface area (Å²) in [5.74, 6) is -0.854. The molecule has 26 heavy (non-hydrogen) atoms. The molecule has 0 radical (unpaired) electrons. The standard InChI is InChI=1S/C13H11N3O4S2.CHCl3/c1-16-10(13(18)15-9-4-2-3-6-14-9)11(17)12-8(5-7-21-12)22(16,19)20;2-1(3)4/h2-7,17H,1H3,(H,14,15,18);1H. The minimum atomic E-state index is -3.85. The number of fused-ring (bicyclic) bond motifs is 1. The maximum absolute atomic E-state index is 12.4. The topological polar surface area (TPSA) is 99.6 Å². The number of carbonyl (C=O) groups excluding carboxylic acids is 1. The number of rotatable bonds is 2. The van der Waals surface area contributed by atoms with Crippen LogP contribution >= 0.6 is 46.1 Å². The van der Waals surface area contributed by atoms with Crippen molar-refractivity contribution in [2.45, 2.75) is 9.19 Å². The molecule has 3 rings (SSSR count). The van der Waals surface area contributed by atoms with Crippen LogP contribution in [-0.4, -0.2) is 40.1 Å². The van der Waals surface area contributed by atoms with E-state index in [0.717, 1.165) is 15.6 Å². The van der Waals surface area contributed by atoms with E-state index >= 15 is 0 Å². The van der Waals surface area contributed by atoms with Crippen LogP contribution in [0.15, 0.2) is 46.4 Å². The van der Waals surface area contributed by atoms with Crippen molar-refractivity contribution in [3.63, 3.8) is 0 Å². The molecular weight excluding hydrogens is 445 g/mol. The molecule has 1 aliphatic heterocycles. The Morgan fingerprint density at radius 2 is 1.96 bits per heavy atom. The fourth-order valence-electron chi connectivity index (χ4n) is 2.06. The minimum Gasteiger partial charge on any atom is -0.504 e. The Kier molecular flexibility index (Phi) is 6.75. The van der Waals surface area contributed by atoms with Crippen molar-refractivity contribution in [3.8, 4) is 0 Å². The van der Waals surface area contributed by atoms with Gasteiger partial charge in [-0.05, 0) is 23.6 Å². The molecule has 0 atom stereocenters. The van der Waals surface area contributed by atoms with Crippen molar-refractivity contribution in [3.05, 3.63) is 46.4 Å². The van der Waals surface area contributed by atoms with Gasteiger partial charge >= 0.3 is 0 Å². The normalized spacial score (nSPS) is 15.2. The molecule has 0 bridgehead atoms. The Hall–Kier alpha value is -1.52. The van der Waals surface area contributed by atoms with Crippen LogP contribution in [0.4, 0.5) is 5.82 Å². The average Bonchev–Trinajstić information content (AvgIpc) is 3.05. The number of hydrogen-bond donors (Lipinski definition) is 2. The van der Waals surface area contributed by atoms with E-state index in [9.17, 15) is 18.3 Å². The molecule has 0 aliphatic carbocycles. The summed E-state index contributed by atoms with van der Waals surface area (Å²) in [6.07, 6.45) is 1.49. The van der Waals surface area contributed by atoms with E-state index in [1.807, 2.05) is 0 Å². The molecule has 2 aromatic heterocycles. The van der Waals surface area contributed by atoms with Crippen molar-refractivity contribution >= 4 is 73.6 Å². The zero-order valence-electron chi connectivity index (χ0n) is 13.1. The first-order chi connectivity index (χ1) is 12.2. The third kappa shape index (κ3) is 4.41. The number of anilines is 1. The van der Waals surface area contributed by atoms with Gasteiger partial charge in [0.05, 0.1) is 4.88 Å². The van der Waals surface area contributed by atoms with Gasteiger partial charge in [-0.1, -0.05) is 40.9 Å². The molecule has 140 valence electrons. The first kappa shape index (κ1) is 20.8. The van der Waals surface area contributed by atoms with Gasteiger partial charge in [-0.3, -0.25) is 9.10 Å². The first-order valence-corrected chi connectivity index (χ1v) is 10.4. The number of aliphatic hydroxyl groups excluding tert-OH is 1. The van der Waals surface area contributed by atoms with Gasteiger partial charge in [0.25, 0.3) is 15.9 Å². The van der Waals surface area contributed by atoms with Gasteiger partial charge < -0.3 is 10.4 Å². The summed E-state index contributed by atoms with van der Waals surface area (Å²) in [5, 5.41) is 14.3. The van der Waals surface area contributed by atoms with Crippen LogP contribution in [0.1, 0.15) is 4.88 Å². The van der Waals surface area contributed by atoms with E-state index < -0.39 is 20.2 Å². The molecule has 7 nitrogen and oxygen atoms in total. The lowest BCUT2D eigenvalue weighted by molar-refractivity contribution is -0.113. The Bertz CT molecular complexity index is 927. The molecule has 2 N–H and O–H groups in total. The number of carbonyl (C=O) groups is 1. The fourth-order valence-corrected chi connectivity index (χ4v) is 4.62. The molecule has 1 aliphatic rings. The van der Waals surface area contributed by atoms with Gasteiger partial charge in [0.15, 0.2) is 15.8 Å². The number of sulfonamides is 1. The number of amides is 1. The largest absolute Gasteiger partial charge is 0.504 e. The van der Waals surface area contributed by atoms with Crippen molar-refractivity contribution in [1.82, 2.24) is 9.29 Å². The maximum atomic E-state index is 12.4.